The summed E-state index contributed by atoms with van der Waals surface area (Å²) in [5.41, 5.74) is 0. The molecule has 0 aromatic carbocycles. The van der Waals surface area contributed by atoms with E-state index in [4.69, 9.17) is 4.74 Å². The fraction of sp³-hybridized carbons (Fsp3) is 0.850. The Balaban J connectivity index is 3.11. The van der Waals surface area contributed by atoms with Crippen LogP contribution < -0.4 is 0 Å². The lowest BCUT2D eigenvalue weighted by atomic mass is 10.1. The Kier molecular flexibility index (Phi) is 20.6. The smallest absolute Gasteiger partial charge is 0.434 e. The molecule has 0 aromatic rings. The zero-order chi connectivity index (χ0) is 17.7. The maximum atomic E-state index is 10.9. The van der Waals surface area contributed by atoms with Gasteiger partial charge in [0.1, 0.15) is 4.61 Å². The number of alkyl halides is 1. The first kappa shape index (κ1) is 23.7. The SMILES string of the molecule is CCCCCCCCC=CCCCCCCCCOC(=O)OCI. The fourth-order valence-corrected chi connectivity index (χ4v) is 2.85. The zero-order valence-electron chi connectivity index (χ0n) is 15.6. The maximum Gasteiger partial charge on any atom is 0.509 e. The van der Waals surface area contributed by atoms with Crippen LogP contribution in [0.2, 0.25) is 0 Å². The van der Waals surface area contributed by atoms with Gasteiger partial charge in [0, 0.05) is 0 Å². The number of halogens is 1. The summed E-state index contributed by atoms with van der Waals surface area (Å²) in [7, 11) is 0. The highest BCUT2D eigenvalue weighted by Gasteiger charge is 2.00. The summed E-state index contributed by atoms with van der Waals surface area (Å²) < 4.78 is 9.97. The van der Waals surface area contributed by atoms with Crippen molar-refractivity contribution in [3.8, 4) is 0 Å². The number of allylic oxidation sites excluding steroid dienone is 2. The molecule has 0 saturated heterocycles. The lowest BCUT2D eigenvalue weighted by molar-refractivity contribution is 0.0694. The summed E-state index contributed by atoms with van der Waals surface area (Å²) in [5.74, 6) is 0. The number of carbonyl (C=O) groups is 1. The second kappa shape index (κ2) is 20.8. The highest BCUT2D eigenvalue weighted by molar-refractivity contribution is 14.1. The molecule has 142 valence electrons. The number of unbranched alkanes of at least 4 members (excludes halogenated alkanes) is 12. The first-order valence-electron chi connectivity index (χ1n) is 9.81. The van der Waals surface area contributed by atoms with E-state index in [2.05, 4.69) is 23.8 Å². The lowest BCUT2D eigenvalue weighted by Gasteiger charge is -2.04. The van der Waals surface area contributed by atoms with Gasteiger partial charge in [0.05, 0.1) is 6.61 Å². The van der Waals surface area contributed by atoms with Crippen LogP contribution in [0.25, 0.3) is 0 Å². The van der Waals surface area contributed by atoms with E-state index in [-0.39, 0.29) is 0 Å². The zero-order valence-corrected chi connectivity index (χ0v) is 17.7. The van der Waals surface area contributed by atoms with Gasteiger partial charge in [-0.25, -0.2) is 4.79 Å². The van der Waals surface area contributed by atoms with Crippen molar-refractivity contribution in [3.63, 3.8) is 0 Å². The highest BCUT2D eigenvalue weighted by Crippen LogP contribution is 2.10. The van der Waals surface area contributed by atoms with Crippen LogP contribution in [-0.2, 0) is 9.47 Å². The molecule has 0 saturated carbocycles. The first-order chi connectivity index (χ1) is 11.8. The topological polar surface area (TPSA) is 35.5 Å². The van der Waals surface area contributed by atoms with Gasteiger partial charge in [-0.3, -0.25) is 0 Å². The highest BCUT2D eigenvalue weighted by atomic mass is 127. The number of rotatable bonds is 17. The average molecular weight is 452 g/mol. The summed E-state index contributed by atoms with van der Waals surface area (Å²) in [6, 6.07) is 0. The van der Waals surface area contributed by atoms with Gasteiger partial charge in [-0.1, -0.05) is 76.9 Å². The Labute approximate surface area is 163 Å². The maximum absolute atomic E-state index is 10.9. The second-order valence-corrected chi connectivity index (χ2v) is 6.91. The molecule has 0 heterocycles. The van der Waals surface area contributed by atoms with Crippen molar-refractivity contribution < 1.29 is 14.3 Å². The van der Waals surface area contributed by atoms with Gasteiger partial charge in [0.2, 0.25) is 0 Å². The molecule has 0 aliphatic heterocycles. The molecule has 0 aliphatic carbocycles. The minimum absolute atomic E-state index is 0.351. The predicted molar refractivity (Wildman–Crippen MR) is 111 cm³/mol. The molecule has 0 aliphatic rings. The Morgan fingerprint density at radius 1 is 0.750 bits per heavy atom. The molecule has 0 spiro atoms. The first-order valence-corrected chi connectivity index (χ1v) is 11.3. The Bertz CT molecular complexity index is 293. The minimum Gasteiger partial charge on any atom is -0.434 e. The van der Waals surface area contributed by atoms with Crippen LogP contribution in [0.15, 0.2) is 12.2 Å². The third-order valence-electron chi connectivity index (χ3n) is 4.05. The van der Waals surface area contributed by atoms with Gasteiger partial charge in [-0.15, -0.1) is 0 Å². The van der Waals surface area contributed by atoms with Gasteiger partial charge in [-0.05, 0) is 54.7 Å². The Hall–Kier alpha value is -0.260. The van der Waals surface area contributed by atoms with E-state index in [1.807, 2.05) is 22.6 Å². The van der Waals surface area contributed by atoms with Crippen LogP contribution in [0.1, 0.15) is 96.8 Å². The van der Waals surface area contributed by atoms with Crippen LogP contribution in [0.5, 0.6) is 0 Å². The molecule has 0 aromatic heterocycles. The van der Waals surface area contributed by atoms with E-state index in [0.717, 1.165) is 12.8 Å². The fourth-order valence-electron chi connectivity index (χ4n) is 2.59. The molecule has 0 radical (unpaired) electrons. The molecular formula is C20H37IO3. The van der Waals surface area contributed by atoms with Crippen molar-refractivity contribution in [1.29, 1.82) is 0 Å². The molecule has 3 nitrogen and oxygen atoms in total. The van der Waals surface area contributed by atoms with Gasteiger partial charge in [-0.2, -0.15) is 0 Å². The van der Waals surface area contributed by atoms with Crippen molar-refractivity contribution in [3.05, 3.63) is 12.2 Å². The largest absolute Gasteiger partial charge is 0.509 e. The van der Waals surface area contributed by atoms with E-state index >= 15 is 0 Å². The van der Waals surface area contributed by atoms with Crippen LogP contribution in [0.3, 0.4) is 0 Å². The molecule has 0 bridgehead atoms. The Morgan fingerprint density at radius 2 is 1.25 bits per heavy atom. The van der Waals surface area contributed by atoms with E-state index in [9.17, 15) is 4.79 Å². The number of carbonyl (C=O) groups excluding carboxylic acids is 1. The molecule has 0 N–H and O–H groups in total. The van der Waals surface area contributed by atoms with Gasteiger partial charge < -0.3 is 9.47 Å². The number of ether oxygens (including phenoxy) is 2. The molecular weight excluding hydrogens is 415 g/mol. The predicted octanol–water partition coefficient (Wildman–Crippen LogP) is 7.57. The van der Waals surface area contributed by atoms with Gasteiger partial charge in [0.25, 0.3) is 0 Å². The molecule has 24 heavy (non-hydrogen) atoms. The second-order valence-electron chi connectivity index (χ2n) is 6.29. The van der Waals surface area contributed by atoms with Gasteiger partial charge >= 0.3 is 6.16 Å². The van der Waals surface area contributed by atoms with Crippen LogP contribution >= 0.6 is 22.6 Å². The third kappa shape index (κ3) is 19.8. The summed E-state index contributed by atoms with van der Waals surface area (Å²) in [6.45, 7) is 2.75. The molecule has 0 atom stereocenters. The standard InChI is InChI=1S/C20H37IO3/c1-2-3-4-5-6-7-8-9-10-11-12-13-14-15-16-17-18-23-20(22)24-19-21/h9-10H,2-8,11-19H2,1H3. The molecule has 0 fully saturated rings. The van der Waals surface area contributed by atoms with Gasteiger partial charge in [0.15, 0.2) is 0 Å². The van der Waals surface area contributed by atoms with E-state index in [1.54, 1.807) is 0 Å². The van der Waals surface area contributed by atoms with Crippen molar-refractivity contribution in [2.75, 3.05) is 11.2 Å². The monoisotopic (exact) mass is 452 g/mol. The van der Waals surface area contributed by atoms with Crippen LogP contribution in [-0.4, -0.2) is 17.4 Å². The molecule has 4 heteroatoms. The summed E-state index contributed by atoms with van der Waals surface area (Å²) in [5, 5.41) is 0. The van der Waals surface area contributed by atoms with E-state index in [1.165, 1.54) is 77.0 Å². The normalized spacial score (nSPS) is 11.1. The van der Waals surface area contributed by atoms with Crippen molar-refractivity contribution in [2.45, 2.75) is 96.8 Å². The quantitative estimate of drug-likeness (QED) is 0.0751. The van der Waals surface area contributed by atoms with E-state index in [0.29, 0.717) is 11.2 Å². The molecule has 0 unspecified atom stereocenters. The summed E-state index contributed by atoms with van der Waals surface area (Å²) in [6.07, 6.45) is 22.1. The van der Waals surface area contributed by atoms with Crippen LogP contribution in [0, 0.1) is 0 Å². The van der Waals surface area contributed by atoms with Crippen molar-refractivity contribution in [2.24, 2.45) is 0 Å². The summed E-state index contributed by atoms with van der Waals surface area (Å²) in [4.78, 5) is 10.9. The lowest BCUT2D eigenvalue weighted by Crippen LogP contribution is -2.06. The average Bonchev–Trinajstić information content (AvgIpc) is 2.58. The molecule has 0 rings (SSSR count). The third-order valence-corrected chi connectivity index (χ3v) is 4.36. The van der Waals surface area contributed by atoms with E-state index < -0.39 is 6.16 Å². The summed E-state index contributed by atoms with van der Waals surface area (Å²) >= 11 is 1.98. The van der Waals surface area contributed by atoms with Crippen molar-refractivity contribution >= 4 is 28.7 Å². The van der Waals surface area contributed by atoms with Crippen molar-refractivity contribution in [1.82, 2.24) is 0 Å². The number of hydrogen-bond acceptors (Lipinski definition) is 3. The Morgan fingerprint density at radius 3 is 1.79 bits per heavy atom. The number of hydrogen-bond donors (Lipinski definition) is 0. The van der Waals surface area contributed by atoms with Crippen LogP contribution in [0.4, 0.5) is 4.79 Å². The minimum atomic E-state index is -0.544. The molecule has 0 amide bonds.